The summed E-state index contributed by atoms with van der Waals surface area (Å²) in [5, 5.41) is 9.95. The molecule has 0 saturated heterocycles. The minimum absolute atomic E-state index is 0.0372. The van der Waals surface area contributed by atoms with Crippen LogP contribution in [0.25, 0.3) is 0 Å². The third-order valence-corrected chi connectivity index (χ3v) is 3.81. The average Bonchev–Trinajstić information content (AvgIpc) is 2.67. The van der Waals surface area contributed by atoms with Gasteiger partial charge in [-0.3, -0.25) is 20.3 Å². The number of carbonyl (C=O) groups excluding carboxylic acids is 3. The van der Waals surface area contributed by atoms with E-state index in [9.17, 15) is 14.4 Å². The lowest BCUT2D eigenvalue weighted by atomic mass is 10.1. The second-order valence-corrected chi connectivity index (χ2v) is 6.92. The topological polar surface area (TPSA) is 118 Å². The summed E-state index contributed by atoms with van der Waals surface area (Å²) < 4.78 is 15.0. The van der Waals surface area contributed by atoms with Crippen molar-refractivity contribution in [2.75, 3.05) is 26.8 Å². The van der Waals surface area contributed by atoms with E-state index in [1.807, 2.05) is 30.3 Å². The number of hydrogen-bond acceptors (Lipinski definition) is 7. The lowest BCUT2D eigenvalue weighted by Gasteiger charge is -2.19. The molecule has 0 saturated carbocycles. The SMILES string of the molecule is CC(C)OC(=O)CN(C)C(=N)NC(=O)OCCCOC(=O)CCCc1ccccc1. The smallest absolute Gasteiger partial charge is 0.413 e. The number of esters is 2. The van der Waals surface area contributed by atoms with Gasteiger partial charge in [0, 0.05) is 19.9 Å². The van der Waals surface area contributed by atoms with Gasteiger partial charge in [-0.1, -0.05) is 30.3 Å². The van der Waals surface area contributed by atoms with E-state index in [0.29, 0.717) is 19.3 Å². The van der Waals surface area contributed by atoms with Crippen LogP contribution in [-0.2, 0) is 30.2 Å². The van der Waals surface area contributed by atoms with Gasteiger partial charge < -0.3 is 19.1 Å². The van der Waals surface area contributed by atoms with E-state index < -0.39 is 12.1 Å². The van der Waals surface area contributed by atoms with Crippen molar-refractivity contribution in [1.29, 1.82) is 5.41 Å². The number of carbonyl (C=O) groups is 3. The Bertz CT molecular complexity index is 693. The average molecular weight is 421 g/mol. The molecule has 0 fully saturated rings. The van der Waals surface area contributed by atoms with E-state index in [4.69, 9.17) is 19.6 Å². The zero-order valence-electron chi connectivity index (χ0n) is 17.8. The standard InChI is InChI=1S/C21H31N3O6/c1-16(2)30-19(26)15-24(3)20(22)23-21(27)29-14-8-13-28-18(25)12-7-11-17-9-5-4-6-10-17/h4-6,9-10,16H,7-8,11-15H2,1-3H3,(H2,22,23,27). The van der Waals surface area contributed by atoms with Gasteiger partial charge in [0.05, 0.1) is 19.3 Å². The highest BCUT2D eigenvalue weighted by Gasteiger charge is 2.15. The van der Waals surface area contributed by atoms with Gasteiger partial charge in [0.25, 0.3) is 0 Å². The largest absolute Gasteiger partial charge is 0.466 e. The molecule has 2 N–H and O–H groups in total. The lowest BCUT2D eigenvalue weighted by Crippen LogP contribution is -2.44. The first-order chi connectivity index (χ1) is 14.3. The van der Waals surface area contributed by atoms with Gasteiger partial charge in [0.2, 0.25) is 5.96 Å². The van der Waals surface area contributed by atoms with Crippen LogP contribution < -0.4 is 5.32 Å². The van der Waals surface area contributed by atoms with Crippen LogP contribution in [0.2, 0.25) is 0 Å². The highest BCUT2D eigenvalue weighted by molar-refractivity contribution is 5.93. The molecule has 30 heavy (non-hydrogen) atoms. The quantitative estimate of drug-likeness (QED) is 0.185. The van der Waals surface area contributed by atoms with Crippen molar-refractivity contribution in [3.8, 4) is 0 Å². The van der Waals surface area contributed by atoms with Crippen LogP contribution in [0, 0.1) is 5.41 Å². The Morgan fingerprint density at radius 3 is 2.37 bits per heavy atom. The summed E-state index contributed by atoms with van der Waals surface area (Å²) in [5.74, 6) is -1.07. The molecule has 0 aromatic heterocycles. The number of rotatable bonds is 11. The Kier molecular flexibility index (Phi) is 11.6. The monoisotopic (exact) mass is 421 g/mol. The Balaban J connectivity index is 2.08. The molecule has 0 atom stereocenters. The van der Waals surface area contributed by atoms with E-state index >= 15 is 0 Å². The summed E-state index contributed by atoms with van der Waals surface area (Å²) in [4.78, 5) is 36.1. The highest BCUT2D eigenvalue weighted by Crippen LogP contribution is 2.05. The van der Waals surface area contributed by atoms with Crippen LogP contribution in [0.15, 0.2) is 30.3 Å². The number of amides is 1. The molecule has 0 radical (unpaired) electrons. The summed E-state index contributed by atoms with van der Waals surface area (Å²) in [6.45, 7) is 3.46. The summed E-state index contributed by atoms with van der Waals surface area (Å²) in [6, 6.07) is 9.91. The van der Waals surface area contributed by atoms with E-state index in [1.165, 1.54) is 17.5 Å². The minimum Gasteiger partial charge on any atom is -0.466 e. The molecular weight excluding hydrogens is 390 g/mol. The number of benzene rings is 1. The molecule has 9 heteroatoms. The fourth-order valence-corrected chi connectivity index (χ4v) is 2.36. The molecule has 1 amide bonds. The number of guanidine groups is 1. The fraction of sp³-hybridized carbons (Fsp3) is 0.524. The molecule has 0 bridgehead atoms. The number of ether oxygens (including phenoxy) is 3. The van der Waals surface area contributed by atoms with Crippen molar-refractivity contribution in [3.63, 3.8) is 0 Å². The van der Waals surface area contributed by atoms with Crippen LogP contribution in [0.3, 0.4) is 0 Å². The first kappa shape index (κ1) is 24.9. The summed E-state index contributed by atoms with van der Waals surface area (Å²) >= 11 is 0. The first-order valence-electron chi connectivity index (χ1n) is 9.90. The zero-order valence-corrected chi connectivity index (χ0v) is 17.8. The van der Waals surface area contributed by atoms with Crippen LogP contribution in [0.5, 0.6) is 0 Å². The maximum Gasteiger partial charge on any atom is 0.413 e. The molecule has 166 valence electrons. The number of nitrogens with one attached hydrogen (secondary N) is 2. The molecule has 1 aromatic carbocycles. The zero-order chi connectivity index (χ0) is 22.4. The molecule has 0 heterocycles. The Labute approximate surface area is 177 Å². The molecule has 0 spiro atoms. The van der Waals surface area contributed by atoms with Gasteiger partial charge in [0.1, 0.15) is 6.54 Å². The van der Waals surface area contributed by atoms with Crippen LogP contribution in [0.4, 0.5) is 4.79 Å². The number of aryl methyl sites for hydroxylation is 1. The maximum atomic E-state index is 11.7. The van der Waals surface area contributed by atoms with E-state index in [0.717, 1.165) is 6.42 Å². The first-order valence-corrected chi connectivity index (χ1v) is 9.90. The van der Waals surface area contributed by atoms with Crippen molar-refractivity contribution < 1.29 is 28.6 Å². The Morgan fingerprint density at radius 1 is 1.03 bits per heavy atom. The minimum atomic E-state index is -0.821. The second-order valence-electron chi connectivity index (χ2n) is 6.92. The third-order valence-electron chi connectivity index (χ3n) is 3.81. The van der Waals surface area contributed by atoms with Crippen molar-refractivity contribution in [2.45, 2.75) is 45.6 Å². The van der Waals surface area contributed by atoms with Crippen molar-refractivity contribution in [1.82, 2.24) is 10.2 Å². The number of hydrogen-bond donors (Lipinski definition) is 2. The Morgan fingerprint density at radius 2 is 1.70 bits per heavy atom. The van der Waals surface area contributed by atoms with E-state index in [1.54, 1.807) is 13.8 Å². The number of alkyl carbamates (subject to hydrolysis) is 1. The van der Waals surface area contributed by atoms with E-state index in [2.05, 4.69) is 5.32 Å². The second kappa shape index (κ2) is 14.0. The fourth-order valence-electron chi connectivity index (χ4n) is 2.36. The summed E-state index contributed by atoms with van der Waals surface area (Å²) in [6.07, 6.45) is 1.13. The predicted octanol–water partition coefficient (Wildman–Crippen LogP) is 2.49. The summed E-state index contributed by atoms with van der Waals surface area (Å²) in [7, 11) is 1.47. The van der Waals surface area contributed by atoms with Crippen molar-refractivity contribution in [2.24, 2.45) is 0 Å². The molecule has 9 nitrogen and oxygen atoms in total. The molecule has 0 aliphatic carbocycles. The predicted molar refractivity (Wildman–Crippen MR) is 111 cm³/mol. The van der Waals surface area contributed by atoms with Gasteiger partial charge in [0.15, 0.2) is 0 Å². The van der Waals surface area contributed by atoms with Crippen LogP contribution >= 0.6 is 0 Å². The Hall–Kier alpha value is -3.10. The number of nitrogens with zero attached hydrogens (tertiary/aromatic N) is 1. The number of likely N-dealkylation sites (N-methyl/N-ethyl adjacent to an activating group) is 1. The maximum absolute atomic E-state index is 11.7. The molecule has 0 aliphatic rings. The molecule has 0 unspecified atom stereocenters. The van der Waals surface area contributed by atoms with E-state index in [-0.39, 0.29) is 37.8 Å². The van der Waals surface area contributed by atoms with Gasteiger partial charge in [-0.15, -0.1) is 0 Å². The van der Waals surface area contributed by atoms with Crippen molar-refractivity contribution in [3.05, 3.63) is 35.9 Å². The van der Waals surface area contributed by atoms with Crippen LogP contribution in [-0.4, -0.2) is 61.8 Å². The summed E-state index contributed by atoms with van der Waals surface area (Å²) in [5.41, 5.74) is 1.18. The molecule has 0 aliphatic heterocycles. The molecule has 1 aromatic rings. The van der Waals surface area contributed by atoms with Gasteiger partial charge in [-0.05, 0) is 32.3 Å². The van der Waals surface area contributed by atoms with Crippen molar-refractivity contribution >= 4 is 24.0 Å². The molecular formula is C21H31N3O6. The van der Waals surface area contributed by atoms with Gasteiger partial charge in [-0.25, -0.2) is 4.79 Å². The van der Waals surface area contributed by atoms with Crippen LogP contribution in [0.1, 0.15) is 38.7 Å². The van der Waals surface area contributed by atoms with Gasteiger partial charge in [-0.2, -0.15) is 0 Å². The molecule has 1 rings (SSSR count). The lowest BCUT2D eigenvalue weighted by molar-refractivity contribution is -0.147. The highest BCUT2D eigenvalue weighted by atomic mass is 16.6. The third kappa shape index (κ3) is 11.7. The van der Waals surface area contributed by atoms with Gasteiger partial charge >= 0.3 is 18.0 Å². The normalized spacial score (nSPS) is 10.3.